The van der Waals surface area contributed by atoms with Crippen molar-refractivity contribution >= 4 is 15.9 Å². The first-order chi connectivity index (χ1) is 10.4. The molecule has 22 heavy (non-hydrogen) atoms. The van der Waals surface area contributed by atoms with Crippen LogP contribution in [0, 0.1) is 0 Å². The van der Waals surface area contributed by atoms with Gasteiger partial charge in [0.2, 0.25) is 15.9 Å². The number of nitrogens with two attached hydrogens (primary N) is 1. The van der Waals surface area contributed by atoms with Gasteiger partial charge in [0.25, 0.3) is 0 Å². The van der Waals surface area contributed by atoms with Crippen molar-refractivity contribution in [3.8, 4) is 5.75 Å². The highest BCUT2D eigenvalue weighted by Gasteiger charge is 2.13. The van der Waals surface area contributed by atoms with E-state index < -0.39 is 15.9 Å². The van der Waals surface area contributed by atoms with Crippen LogP contribution in [0.5, 0.6) is 5.75 Å². The van der Waals surface area contributed by atoms with E-state index in [4.69, 9.17) is 10.5 Å². The zero-order valence-corrected chi connectivity index (χ0v) is 12.8. The lowest BCUT2D eigenvalue weighted by molar-refractivity contribution is 0.100. The Hall–Kier alpha value is -2.38. The maximum atomic E-state index is 12.2. The van der Waals surface area contributed by atoms with Gasteiger partial charge in [0.05, 0.1) is 12.0 Å². The molecule has 116 valence electrons. The Bertz CT molecular complexity index is 753. The van der Waals surface area contributed by atoms with E-state index in [0.717, 1.165) is 5.56 Å². The fraction of sp³-hybridized carbons (Fsp3) is 0.133. The summed E-state index contributed by atoms with van der Waals surface area (Å²) in [6, 6.07) is 12.5. The molecule has 0 aliphatic heterocycles. The third-order valence-corrected chi connectivity index (χ3v) is 4.49. The Morgan fingerprint density at radius 1 is 1.09 bits per heavy atom. The van der Waals surface area contributed by atoms with Crippen molar-refractivity contribution in [1.29, 1.82) is 0 Å². The number of hydrogen-bond donors (Lipinski definition) is 2. The van der Waals surface area contributed by atoms with Crippen molar-refractivity contribution in [2.75, 3.05) is 7.11 Å². The summed E-state index contributed by atoms with van der Waals surface area (Å²) in [5, 5.41) is 0. The Morgan fingerprint density at radius 2 is 1.68 bits per heavy atom. The van der Waals surface area contributed by atoms with Crippen LogP contribution in [0.25, 0.3) is 0 Å². The molecule has 0 spiro atoms. The predicted octanol–water partition coefficient (Wildman–Crippen LogP) is 1.27. The largest absolute Gasteiger partial charge is 0.497 e. The third-order valence-electron chi connectivity index (χ3n) is 3.07. The second-order valence-electron chi connectivity index (χ2n) is 4.56. The van der Waals surface area contributed by atoms with Crippen LogP contribution in [0.15, 0.2) is 53.4 Å². The van der Waals surface area contributed by atoms with Gasteiger partial charge in [0.15, 0.2) is 0 Å². The van der Waals surface area contributed by atoms with E-state index >= 15 is 0 Å². The summed E-state index contributed by atoms with van der Waals surface area (Å²) in [6.45, 7) is 0.118. The quantitative estimate of drug-likeness (QED) is 0.837. The molecule has 1 amide bonds. The van der Waals surface area contributed by atoms with Gasteiger partial charge in [-0.05, 0) is 42.0 Å². The minimum Gasteiger partial charge on any atom is -0.497 e. The van der Waals surface area contributed by atoms with Gasteiger partial charge < -0.3 is 10.5 Å². The molecule has 2 aromatic carbocycles. The van der Waals surface area contributed by atoms with E-state index in [1.807, 2.05) is 0 Å². The molecular weight excluding hydrogens is 304 g/mol. The number of carbonyl (C=O) groups is 1. The van der Waals surface area contributed by atoms with E-state index in [1.165, 1.54) is 19.2 Å². The van der Waals surface area contributed by atoms with Gasteiger partial charge in [-0.2, -0.15) is 0 Å². The molecule has 0 radical (unpaired) electrons. The standard InChI is InChI=1S/C15H16N2O4S/c1-21-13-6-8-14(9-7-13)22(19,20)17-10-11-2-4-12(5-3-11)15(16)18/h2-9,17H,10H2,1H3,(H2,16,18). The summed E-state index contributed by atoms with van der Waals surface area (Å²) in [6.07, 6.45) is 0. The van der Waals surface area contributed by atoms with E-state index in [1.54, 1.807) is 36.4 Å². The number of benzene rings is 2. The number of amides is 1. The summed E-state index contributed by atoms with van der Waals surface area (Å²) < 4.78 is 31.8. The van der Waals surface area contributed by atoms with Crippen LogP contribution in [0.3, 0.4) is 0 Å². The highest BCUT2D eigenvalue weighted by atomic mass is 32.2. The van der Waals surface area contributed by atoms with E-state index in [9.17, 15) is 13.2 Å². The first-order valence-corrected chi connectivity index (χ1v) is 7.93. The van der Waals surface area contributed by atoms with Crippen LogP contribution in [0.2, 0.25) is 0 Å². The smallest absolute Gasteiger partial charge is 0.248 e. The van der Waals surface area contributed by atoms with Gasteiger partial charge in [-0.1, -0.05) is 12.1 Å². The lowest BCUT2D eigenvalue weighted by Gasteiger charge is -2.08. The fourth-order valence-corrected chi connectivity index (χ4v) is 2.82. The minimum atomic E-state index is -3.61. The molecule has 6 nitrogen and oxygen atoms in total. The Kier molecular flexibility index (Phi) is 4.79. The van der Waals surface area contributed by atoms with E-state index in [-0.39, 0.29) is 11.4 Å². The summed E-state index contributed by atoms with van der Waals surface area (Å²) >= 11 is 0. The monoisotopic (exact) mass is 320 g/mol. The Labute approximate surface area is 129 Å². The molecular formula is C15H16N2O4S. The van der Waals surface area contributed by atoms with E-state index in [2.05, 4.69) is 4.72 Å². The minimum absolute atomic E-state index is 0.118. The number of methoxy groups -OCH3 is 1. The molecule has 0 aliphatic carbocycles. The highest BCUT2D eigenvalue weighted by Crippen LogP contribution is 2.15. The van der Waals surface area contributed by atoms with Gasteiger partial charge in [-0.25, -0.2) is 13.1 Å². The van der Waals surface area contributed by atoms with Crippen molar-refractivity contribution in [1.82, 2.24) is 4.72 Å². The van der Waals surface area contributed by atoms with Gasteiger partial charge in [0.1, 0.15) is 5.75 Å². The molecule has 3 N–H and O–H groups in total. The second-order valence-corrected chi connectivity index (χ2v) is 6.33. The average Bonchev–Trinajstić information content (AvgIpc) is 2.53. The Morgan fingerprint density at radius 3 is 2.18 bits per heavy atom. The third kappa shape index (κ3) is 3.84. The molecule has 0 saturated heterocycles. The molecule has 0 atom stereocenters. The lowest BCUT2D eigenvalue weighted by atomic mass is 10.1. The normalized spacial score (nSPS) is 11.1. The maximum absolute atomic E-state index is 12.2. The van der Waals surface area contributed by atoms with Crippen molar-refractivity contribution in [2.45, 2.75) is 11.4 Å². The molecule has 0 saturated carbocycles. The average molecular weight is 320 g/mol. The highest BCUT2D eigenvalue weighted by molar-refractivity contribution is 7.89. The number of ether oxygens (including phenoxy) is 1. The number of sulfonamides is 1. The molecule has 0 aliphatic rings. The predicted molar refractivity (Wildman–Crippen MR) is 82.0 cm³/mol. The summed E-state index contributed by atoms with van der Waals surface area (Å²) in [7, 11) is -2.10. The molecule has 2 aromatic rings. The SMILES string of the molecule is COc1ccc(S(=O)(=O)NCc2ccc(C(N)=O)cc2)cc1. The van der Waals surface area contributed by atoms with Crippen LogP contribution in [0.4, 0.5) is 0 Å². The van der Waals surface area contributed by atoms with Crippen molar-refractivity contribution in [2.24, 2.45) is 5.73 Å². The summed E-state index contributed by atoms with van der Waals surface area (Å²) in [5.41, 5.74) is 6.25. The first-order valence-electron chi connectivity index (χ1n) is 6.45. The van der Waals surface area contributed by atoms with Gasteiger partial charge in [-0.3, -0.25) is 4.79 Å². The number of hydrogen-bond acceptors (Lipinski definition) is 4. The van der Waals surface area contributed by atoms with Crippen LogP contribution in [-0.4, -0.2) is 21.4 Å². The molecule has 2 rings (SSSR count). The Balaban J connectivity index is 2.06. The number of nitrogens with one attached hydrogen (secondary N) is 1. The summed E-state index contributed by atoms with van der Waals surface area (Å²) in [4.78, 5) is 11.1. The van der Waals surface area contributed by atoms with Crippen LogP contribution < -0.4 is 15.2 Å². The maximum Gasteiger partial charge on any atom is 0.248 e. The fourth-order valence-electron chi connectivity index (χ4n) is 1.80. The molecule has 0 heterocycles. The van der Waals surface area contributed by atoms with Crippen LogP contribution in [0.1, 0.15) is 15.9 Å². The van der Waals surface area contributed by atoms with Crippen molar-refractivity contribution < 1.29 is 17.9 Å². The van der Waals surface area contributed by atoms with Crippen molar-refractivity contribution in [3.05, 3.63) is 59.7 Å². The van der Waals surface area contributed by atoms with Crippen LogP contribution >= 0.6 is 0 Å². The molecule has 0 bridgehead atoms. The first kappa shape index (κ1) is 16.0. The van der Waals surface area contributed by atoms with Crippen LogP contribution in [-0.2, 0) is 16.6 Å². The molecule has 0 aromatic heterocycles. The molecule has 7 heteroatoms. The molecule has 0 unspecified atom stereocenters. The second kappa shape index (κ2) is 6.59. The molecule has 0 fully saturated rings. The zero-order valence-electron chi connectivity index (χ0n) is 11.9. The number of rotatable bonds is 6. The van der Waals surface area contributed by atoms with Crippen molar-refractivity contribution in [3.63, 3.8) is 0 Å². The summed E-state index contributed by atoms with van der Waals surface area (Å²) in [5.74, 6) is 0.0614. The van der Waals surface area contributed by atoms with Gasteiger partial charge >= 0.3 is 0 Å². The zero-order chi connectivity index (χ0) is 16.2. The van der Waals surface area contributed by atoms with E-state index in [0.29, 0.717) is 11.3 Å². The van der Waals surface area contributed by atoms with Gasteiger partial charge in [0, 0.05) is 12.1 Å². The van der Waals surface area contributed by atoms with Gasteiger partial charge in [-0.15, -0.1) is 0 Å². The number of primary amides is 1. The topological polar surface area (TPSA) is 98.5 Å². The lowest BCUT2D eigenvalue weighted by Crippen LogP contribution is -2.23. The number of carbonyl (C=O) groups excluding carboxylic acids is 1.